The van der Waals surface area contributed by atoms with Crippen LogP contribution in [0.1, 0.15) is 20.7 Å². The number of rotatable bonds is 1. The summed E-state index contributed by atoms with van der Waals surface area (Å²) in [4.78, 5) is 27.9. The van der Waals surface area contributed by atoms with E-state index in [2.05, 4.69) is 10.3 Å². The molecule has 96 valence electrons. The number of imide groups is 1. The van der Waals surface area contributed by atoms with Crippen LogP contribution in [0, 0.1) is 0 Å². The van der Waals surface area contributed by atoms with E-state index in [1.807, 2.05) is 29.0 Å². The van der Waals surface area contributed by atoms with Crippen molar-refractivity contribution >= 4 is 22.6 Å². The van der Waals surface area contributed by atoms with Crippen LogP contribution in [-0.2, 0) is 0 Å². The second kappa shape index (κ2) is 3.77. The van der Waals surface area contributed by atoms with Crippen LogP contribution in [-0.4, -0.2) is 21.4 Å². The summed E-state index contributed by atoms with van der Waals surface area (Å²) in [7, 11) is 0. The number of hydrogen-bond acceptors (Lipinski definition) is 3. The van der Waals surface area contributed by atoms with Gasteiger partial charge < -0.3 is 4.57 Å². The zero-order valence-corrected chi connectivity index (χ0v) is 10.3. The summed E-state index contributed by atoms with van der Waals surface area (Å²) in [6.45, 7) is 0. The largest absolute Gasteiger partial charge is 0.306 e. The highest BCUT2D eigenvalue weighted by molar-refractivity contribution is 6.26. The number of aromatic nitrogens is 2. The molecule has 1 aliphatic heterocycles. The number of nitrogens with one attached hydrogen (secondary N) is 1. The van der Waals surface area contributed by atoms with Crippen LogP contribution < -0.4 is 5.32 Å². The van der Waals surface area contributed by atoms with Crippen molar-refractivity contribution in [1.82, 2.24) is 14.9 Å². The maximum atomic E-state index is 11.9. The van der Waals surface area contributed by atoms with Gasteiger partial charge in [-0.3, -0.25) is 14.9 Å². The van der Waals surface area contributed by atoms with Crippen molar-refractivity contribution in [3.05, 3.63) is 60.2 Å². The lowest BCUT2D eigenvalue weighted by Gasteiger charge is -2.18. The first-order chi connectivity index (χ1) is 9.75. The normalized spacial score (nSPS) is 13.6. The molecule has 0 fully saturated rings. The average Bonchev–Trinajstić information content (AvgIpc) is 2.98. The zero-order chi connectivity index (χ0) is 13.7. The van der Waals surface area contributed by atoms with E-state index < -0.39 is 0 Å². The highest BCUT2D eigenvalue weighted by Crippen LogP contribution is 2.30. The van der Waals surface area contributed by atoms with Crippen molar-refractivity contribution in [1.29, 1.82) is 0 Å². The molecule has 2 amide bonds. The molecule has 0 aliphatic carbocycles. The maximum Gasteiger partial charge on any atom is 0.258 e. The van der Waals surface area contributed by atoms with Crippen LogP contribution in [0.5, 0.6) is 0 Å². The Labute approximate surface area is 113 Å². The number of amides is 2. The van der Waals surface area contributed by atoms with Gasteiger partial charge in [0, 0.05) is 34.3 Å². The zero-order valence-electron chi connectivity index (χ0n) is 10.3. The van der Waals surface area contributed by atoms with Gasteiger partial charge in [-0.2, -0.15) is 0 Å². The minimum absolute atomic E-state index is 0.351. The van der Waals surface area contributed by atoms with Crippen molar-refractivity contribution in [2.24, 2.45) is 0 Å². The molecule has 3 aromatic rings. The van der Waals surface area contributed by atoms with Crippen LogP contribution in [0.2, 0.25) is 0 Å². The minimum atomic E-state index is -0.351. The molecule has 0 atom stereocenters. The van der Waals surface area contributed by atoms with E-state index in [-0.39, 0.29) is 11.8 Å². The van der Waals surface area contributed by atoms with Crippen LogP contribution >= 0.6 is 0 Å². The third kappa shape index (κ3) is 1.34. The molecule has 0 radical (unpaired) electrons. The number of imidazole rings is 1. The average molecular weight is 263 g/mol. The molecule has 0 saturated carbocycles. The van der Waals surface area contributed by atoms with Gasteiger partial charge in [0.2, 0.25) is 0 Å². The Morgan fingerprint density at radius 2 is 1.80 bits per heavy atom. The smallest absolute Gasteiger partial charge is 0.258 e. The fourth-order valence-corrected chi connectivity index (χ4v) is 2.63. The second-order valence-electron chi connectivity index (χ2n) is 4.61. The van der Waals surface area contributed by atoms with Crippen molar-refractivity contribution in [2.45, 2.75) is 0 Å². The number of nitrogens with zero attached hydrogens (tertiary/aromatic N) is 2. The van der Waals surface area contributed by atoms with Crippen LogP contribution in [0.4, 0.5) is 0 Å². The summed E-state index contributed by atoms with van der Waals surface area (Å²) in [6, 6.07) is 9.05. The number of carbonyl (C=O) groups excluding carboxylic acids is 2. The minimum Gasteiger partial charge on any atom is -0.306 e. The lowest BCUT2D eigenvalue weighted by molar-refractivity contribution is 0.0845. The lowest BCUT2D eigenvalue weighted by Crippen LogP contribution is -2.34. The molecule has 1 aromatic heterocycles. The number of carbonyl (C=O) groups is 2. The van der Waals surface area contributed by atoms with E-state index in [1.54, 1.807) is 24.7 Å². The summed E-state index contributed by atoms with van der Waals surface area (Å²) in [5.74, 6) is -0.702. The molecule has 0 unspecified atom stereocenters. The highest BCUT2D eigenvalue weighted by Gasteiger charge is 2.25. The third-order valence-corrected chi connectivity index (χ3v) is 3.52. The molecule has 2 heterocycles. The lowest BCUT2D eigenvalue weighted by atomic mass is 9.94. The van der Waals surface area contributed by atoms with Crippen molar-refractivity contribution in [3.63, 3.8) is 0 Å². The van der Waals surface area contributed by atoms with Crippen LogP contribution in [0.3, 0.4) is 0 Å². The number of hydrogen-bond donors (Lipinski definition) is 1. The molecular weight excluding hydrogens is 254 g/mol. The molecule has 20 heavy (non-hydrogen) atoms. The monoisotopic (exact) mass is 263 g/mol. The first-order valence-corrected chi connectivity index (χ1v) is 6.15. The predicted octanol–water partition coefficient (Wildman–Crippen LogP) is 1.91. The van der Waals surface area contributed by atoms with Gasteiger partial charge in [-0.1, -0.05) is 12.1 Å². The summed E-state index contributed by atoms with van der Waals surface area (Å²) in [5, 5.41) is 3.92. The van der Waals surface area contributed by atoms with Gasteiger partial charge in [0.15, 0.2) is 0 Å². The van der Waals surface area contributed by atoms with E-state index in [0.717, 1.165) is 11.1 Å². The molecule has 2 aromatic carbocycles. The predicted molar refractivity (Wildman–Crippen MR) is 72.9 cm³/mol. The van der Waals surface area contributed by atoms with Gasteiger partial charge in [-0.05, 0) is 18.2 Å². The molecule has 4 rings (SSSR count). The summed E-state index contributed by atoms with van der Waals surface area (Å²) in [6.07, 6.45) is 5.21. The fraction of sp³-hybridized carbons (Fsp3) is 0. The third-order valence-electron chi connectivity index (χ3n) is 3.52. The van der Waals surface area contributed by atoms with Crippen LogP contribution in [0.25, 0.3) is 16.5 Å². The van der Waals surface area contributed by atoms with Gasteiger partial charge in [0.1, 0.15) is 0 Å². The Morgan fingerprint density at radius 1 is 1.00 bits per heavy atom. The Hall–Kier alpha value is -2.95. The molecule has 1 aliphatic rings. The van der Waals surface area contributed by atoms with Gasteiger partial charge in [0.05, 0.1) is 12.0 Å². The molecule has 0 saturated heterocycles. The maximum absolute atomic E-state index is 11.9. The first kappa shape index (κ1) is 10.9. The first-order valence-electron chi connectivity index (χ1n) is 6.15. The molecular formula is C15H9N3O2. The van der Waals surface area contributed by atoms with Crippen molar-refractivity contribution in [3.8, 4) is 5.69 Å². The highest BCUT2D eigenvalue weighted by atomic mass is 16.2. The van der Waals surface area contributed by atoms with Gasteiger partial charge in [-0.25, -0.2) is 4.98 Å². The van der Waals surface area contributed by atoms with Crippen molar-refractivity contribution < 1.29 is 9.59 Å². The molecule has 5 heteroatoms. The van der Waals surface area contributed by atoms with E-state index in [4.69, 9.17) is 0 Å². The standard InChI is InChI=1S/C15H9N3O2/c19-14-10-3-1-2-9-12(18-7-6-16-8-18)5-4-11(13(9)10)15(20)17-14/h1-8H,(H,17,19,20). The Morgan fingerprint density at radius 3 is 2.55 bits per heavy atom. The van der Waals surface area contributed by atoms with E-state index in [1.165, 1.54) is 0 Å². The van der Waals surface area contributed by atoms with Gasteiger partial charge in [-0.15, -0.1) is 0 Å². The van der Waals surface area contributed by atoms with E-state index in [9.17, 15) is 9.59 Å². The SMILES string of the molecule is O=C1NC(=O)c2ccc(-n3ccnc3)c3cccc1c23. The van der Waals surface area contributed by atoms with Gasteiger partial charge in [0.25, 0.3) is 11.8 Å². The van der Waals surface area contributed by atoms with E-state index in [0.29, 0.717) is 16.5 Å². The Kier molecular flexibility index (Phi) is 2.06. The summed E-state index contributed by atoms with van der Waals surface area (Å²) in [5.41, 5.74) is 1.95. The summed E-state index contributed by atoms with van der Waals surface area (Å²) >= 11 is 0. The topological polar surface area (TPSA) is 64.0 Å². The summed E-state index contributed by atoms with van der Waals surface area (Å²) < 4.78 is 1.86. The molecule has 0 spiro atoms. The second-order valence-corrected chi connectivity index (χ2v) is 4.61. The molecule has 5 nitrogen and oxygen atoms in total. The van der Waals surface area contributed by atoms with E-state index >= 15 is 0 Å². The molecule has 1 N–H and O–H groups in total. The number of benzene rings is 2. The Bertz CT molecular complexity index is 846. The van der Waals surface area contributed by atoms with Crippen molar-refractivity contribution in [2.75, 3.05) is 0 Å². The Balaban J connectivity index is 2.16. The quantitative estimate of drug-likeness (QED) is 0.682. The van der Waals surface area contributed by atoms with Crippen LogP contribution in [0.15, 0.2) is 49.1 Å². The molecule has 0 bridgehead atoms. The fourth-order valence-electron chi connectivity index (χ4n) is 2.63. The van der Waals surface area contributed by atoms with Gasteiger partial charge >= 0.3 is 0 Å².